The molecule has 0 saturated carbocycles. The smallest absolute Gasteiger partial charge is 0.237 e. The molecule has 0 fully saturated rings. The Morgan fingerprint density at radius 2 is 2.06 bits per heavy atom. The topological polar surface area (TPSA) is 67.6 Å². The molecule has 5 nitrogen and oxygen atoms in total. The highest BCUT2D eigenvalue weighted by atomic mass is 16.5. The summed E-state index contributed by atoms with van der Waals surface area (Å²) in [5.74, 6) is 0.0592. The van der Waals surface area contributed by atoms with Gasteiger partial charge in [-0.25, -0.2) is 0 Å². The molecule has 0 aromatic rings. The van der Waals surface area contributed by atoms with Gasteiger partial charge in [0.2, 0.25) is 5.91 Å². The van der Waals surface area contributed by atoms with Crippen LogP contribution in [-0.4, -0.2) is 56.2 Å². The van der Waals surface area contributed by atoms with Gasteiger partial charge in [-0.15, -0.1) is 0 Å². The molecule has 0 aliphatic carbocycles. The molecule has 2 atom stereocenters. The van der Waals surface area contributed by atoms with Crippen molar-refractivity contribution in [2.24, 2.45) is 5.73 Å². The van der Waals surface area contributed by atoms with E-state index in [0.717, 1.165) is 13.0 Å². The molecule has 17 heavy (non-hydrogen) atoms. The standard InChI is InChI=1S/C12H27N3O2/c1-5-10(2)14-12(16)11(3)15(7-6-13)8-9-17-4/h10-11H,5-9,13H2,1-4H3,(H,14,16). The van der Waals surface area contributed by atoms with Gasteiger partial charge in [0.1, 0.15) is 0 Å². The molecule has 2 unspecified atom stereocenters. The van der Waals surface area contributed by atoms with Crippen molar-refractivity contribution in [3.63, 3.8) is 0 Å². The molecule has 1 amide bonds. The lowest BCUT2D eigenvalue weighted by Crippen LogP contribution is -2.49. The number of carbonyl (C=O) groups is 1. The van der Waals surface area contributed by atoms with Crippen molar-refractivity contribution in [1.82, 2.24) is 10.2 Å². The molecule has 0 aromatic heterocycles. The summed E-state index contributed by atoms with van der Waals surface area (Å²) in [7, 11) is 1.66. The third-order valence-corrected chi connectivity index (χ3v) is 2.93. The van der Waals surface area contributed by atoms with E-state index in [1.54, 1.807) is 7.11 Å². The highest BCUT2D eigenvalue weighted by Gasteiger charge is 2.21. The first-order valence-electron chi connectivity index (χ1n) is 6.30. The Bertz CT molecular complexity index is 212. The molecule has 0 radical (unpaired) electrons. The van der Waals surface area contributed by atoms with Crippen molar-refractivity contribution < 1.29 is 9.53 Å². The number of amides is 1. The summed E-state index contributed by atoms with van der Waals surface area (Å²) in [6.45, 7) is 8.56. The third-order valence-electron chi connectivity index (χ3n) is 2.93. The second kappa shape index (κ2) is 9.39. The summed E-state index contributed by atoms with van der Waals surface area (Å²) in [6.07, 6.45) is 0.938. The van der Waals surface area contributed by atoms with E-state index >= 15 is 0 Å². The molecule has 0 saturated heterocycles. The number of nitrogens with zero attached hydrogens (tertiary/aromatic N) is 1. The van der Waals surface area contributed by atoms with Gasteiger partial charge in [0.15, 0.2) is 0 Å². The van der Waals surface area contributed by atoms with Crippen LogP contribution in [0.15, 0.2) is 0 Å². The summed E-state index contributed by atoms with van der Waals surface area (Å²) in [5, 5.41) is 2.98. The molecule has 0 spiro atoms. The van der Waals surface area contributed by atoms with E-state index in [-0.39, 0.29) is 18.0 Å². The Kier molecular flexibility index (Phi) is 9.03. The van der Waals surface area contributed by atoms with Gasteiger partial charge < -0.3 is 15.8 Å². The average molecular weight is 245 g/mol. The van der Waals surface area contributed by atoms with E-state index in [1.165, 1.54) is 0 Å². The summed E-state index contributed by atoms with van der Waals surface area (Å²) in [5.41, 5.74) is 5.55. The highest BCUT2D eigenvalue weighted by molar-refractivity contribution is 5.81. The highest BCUT2D eigenvalue weighted by Crippen LogP contribution is 2.00. The Morgan fingerprint density at radius 1 is 1.41 bits per heavy atom. The molecule has 0 bridgehead atoms. The van der Waals surface area contributed by atoms with Crippen molar-refractivity contribution >= 4 is 5.91 Å². The maximum absolute atomic E-state index is 12.0. The van der Waals surface area contributed by atoms with Crippen LogP contribution in [0.2, 0.25) is 0 Å². The lowest BCUT2D eigenvalue weighted by molar-refractivity contribution is -0.126. The van der Waals surface area contributed by atoms with Gasteiger partial charge in [-0.1, -0.05) is 6.92 Å². The fraction of sp³-hybridized carbons (Fsp3) is 0.917. The van der Waals surface area contributed by atoms with E-state index in [0.29, 0.717) is 19.7 Å². The maximum atomic E-state index is 12.0. The number of hydrogen-bond donors (Lipinski definition) is 2. The fourth-order valence-corrected chi connectivity index (χ4v) is 1.50. The van der Waals surface area contributed by atoms with Crippen LogP contribution in [0.25, 0.3) is 0 Å². The Hall–Kier alpha value is -0.650. The molecule has 102 valence electrons. The van der Waals surface area contributed by atoms with E-state index < -0.39 is 0 Å². The Balaban J connectivity index is 4.26. The van der Waals surface area contributed by atoms with Crippen LogP contribution in [0.1, 0.15) is 27.2 Å². The second-order valence-electron chi connectivity index (χ2n) is 4.31. The van der Waals surface area contributed by atoms with Crippen molar-refractivity contribution in [3.05, 3.63) is 0 Å². The Labute approximate surface area is 105 Å². The van der Waals surface area contributed by atoms with E-state index in [1.807, 2.05) is 18.7 Å². The Morgan fingerprint density at radius 3 is 2.53 bits per heavy atom. The van der Waals surface area contributed by atoms with Gasteiger partial charge in [-0.05, 0) is 20.3 Å². The monoisotopic (exact) mass is 245 g/mol. The zero-order valence-electron chi connectivity index (χ0n) is 11.5. The van der Waals surface area contributed by atoms with Crippen molar-refractivity contribution in [2.45, 2.75) is 39.3 Å². The van der Waals surface area contributed by atoms with Gasteiger partial charge >= 0.3 is 0 Å². The molecular formula is C12H27N3O2. The van der Waals surface area contributed by atoms with Crippen LogP contribution in [0.3, 0.4) is 0 Å². The average Bonchev–Trinajstić information content (AvgIpc) is 2.33. The first-order valence-corrected chi connectivity index (χ1v) is 6.30. The van der Waals surface area contributed by atoms with Crippen molar-refractivity contribution in [2.75, 3.05) is 33.4 Å². The first-order chi connectivity index (χ1) is 8.06. The van der Waals surface area contributed by atoms with Gasteiger partial charge in [-0.3, -0.25) is 9.69 Å². The zero-order valence-corrected chi connectivity index (χ0v) is 11.5. The lowest BCUT2D eigenvalue weighted by Gasteiger charge is -2.28. The lowest BCUT2D eigenvalue weighted by atomic mass is 10.2. The summed E-state index contributed by atoms with van der Waals surface area (Å²) in [4.78, 5) is 14.0. The normalized spacial score (nSPS) is 14.7. The zero-order chi connectivity index (χ0) is 13.3. The quantitative estimate of drug-likeness (QED) is 0.609. The van der Waals surface area contributed by atoms with Crippen LogP contribution >= 0.6 is 0 Å². The maximum Gasteiger partial charge on any atom is 0.237 e. The van der Waals surface area contributed by atoms with Gasteiger partial charge in [0, 0.05) is 32.8 Å². The fourth-order valence-electron chi connectivity index (χ4n) is 1.50. The summed E-state index contributed by atoms with van der Waals surface area (Å²) >= 11 is 0. The minimum Gasteiger partial charge on any atom is -0.383 e. The number of nitrogens with one attached hydrogen (secondary N) is 1. The number of carbonyl (C=O) groups excluding carboxylic acids is 1. The summed E-state index contributed by atoms with van der Waals surface area (Å²) < 4.78 is 5.04. The second-order valence-corrected chi connectivity index (χ2v) is 4.31. The largest absolute Gasteiger partial charge is 0.383 e. The molecule has 0 rings (SSSR count). The van der Waals surface area contributed by atoms with Gasteiger partial charge in [-0.2, -0.15) is 0 Å². The van der Waals surface area contributed by atoms with E-state index in [2.05, 4.69) is 12.2 Å². The number of hydrogen-bond acceptors (Lipinski definition) is 4. The summed E-state index contributed by atoms with van der Waals surface area (Å²) in [6, 6.07) is 0.0507. The molecule has 0 aliphatic rings. The SMILES string of the molecule is CCC(C)NC(=O)C(C)N(CCN)CCOC. The van der Waals surface area contributed by atoms with Crippen LogP contribution in [-0.2, 0) is 9.53 Å². The van der Waals surface area contributed by atoms with Crippen LogP contribution in [0.5, 0.6) is 0 Å². The van der Waals surface area contributed by atoms with Gasteiger partial charge in [0.25, 0.3) is 0 Å². The van der Waals surface area contributed by atoms with Crippen molar-refractivity contribution in [3.8, 4) is 0 Å². The van der Waals surface area contributed by atoms with Crippen LogP contribution < -0.4 is 11.1 Å². The third kappa shape index (κ3) is 6.61. The molecule has 3 N–H and O–H groups in total. The number of methoxy groups -OCH3 is 1. The van der Waals surface area contributed by atoms with E-state index in [4.69, 9.17) is 10.5 Å². The van der Waals surface area contributed by atoms with Crippen molar-refractivity contribution in [1.29, 1.82) is 0 Å². The molecule has 0 heterocycles. The van der Waals surface area contributed by atoms with Crippen LogP contribution in [0.4, 0.5) is 0 Å². The molecule has 5 heteroatoms. The predicted octanol–water partition coefficient (Wildman–Crippen LogP) is 0.197. The molecule has 0 aromatic carbocycles. The van der Waals surface area contributed by atoms with Crippen LogP contribution in [0, 0.1) is 0 Å². The minimum absolute atomic E-state index is 0.0592. The van der Waals surface area contributed by atoms with E-state index in [9.17, 15) is 4.79 Å². The number of ether oxygens (including phenoxy) is 1. The number of rotatable bonds is 9. The predicted molar refractivity (Wildman–Crippen MR) is 69.9 cm³/mol. The first kappa shape index (κ1) is 16.4. The molecule has 0 aliphatic heterocycles. The minimum atomic E-state index is -0.164. The van der Waals surface area contributed by atoms with Gasteiger partial charge in [0.05, 0.1) is 12.6 Å². The number of nitrogens with two attached hydrogens (primary N) is 1. The molecular weight excluding hydrogens is 218 g/mol.